The second-order valence-electron chi connectivity index (χ2n) is 5.00. The third kappa shape index (κ3) is 2.35. The quantitative estimate of drug-likeness (QED) is 0.780. The average Bonchev–Trinajstić information content (AvgIpc) is 2.72. The van der Waals surface area contributed by atoms with Gasteiger partial charge in [-0.3, -0.25) is 4.90 Å². The van der Waals surface area contributed by atoms with E-state index in [-0.39, 0.29) is 12.1 Å². The first-order valence-electron chi connectivity index (χ1n) is 6.36. The van der Waals surface area contributed by atoms with Gasteiger partial charge >= 0.3 is 0 Å². The number of alkyl halides is 1. The maximum absolute atomic E-state index is 13.4. The fraction of sp³-hybridized carbons (Fsp3) is 0.571. The zero-order valence-electron chi connectivity index (χ0n) is 9.89. The fourth-order valence-corrected chi connectivity index (χ4v) is 2.98. The molecule has 0 bridgehead atoms. The van der Waals surface area contributed by atoms with Crippen LogP contribution < -0.4 is 0 Å². The number of hydrogen-bond donors (Lipinski definition) is 0. The summed E-state index contributed by atoms with van der Waals surface area (Å²) in [6.45, 7) is 2.57. The minimum absolute atomic E-state index is 0.113. The van der Waals surface area contributed by atoms with Crippen molar-refractivity contribution in [3.05, 3.63) is 35.9 Å². The first-order chi connectivity index (χ1) is 8.33. The average molecular weight is 235 g/mol. The molecular formula is C14H18FNO. The van der Waals surface area contributed by atoms with Crippen molar-refractivity contribution < 1.29 is 9.13 Å². The Kier molecular flexibility index (Phi) is 3.12. The van der Waals surface area contributed by atoms with Gasteiger partial charge in [-0.2, -0.15) is 0 Å². The van der Waals surface area contributed by atoms with Crippen molar-refractivity contribution in [3.8, 4) is 0 Å². The molecule has 3 rings (SSSR count). The van der Waals surface area contributed by atoms with Crippen molar-refractivity contribution in [1.29, 1.82) is 0 Å². The maximum atomic E-state index is 13.4. The van der Waals surface area contributed by atoms with Gasteiger partial charge in [-0.1, -0.05) is 30.3 Å². The van der Waals surface area contributed by atoms with Crippen LogP contribution in [0.5, 0.6) is 0 Å². The van der Waals surface area contributed by atoms with Gasteiger partial charge in [-0.15, -0.1) is 0 Å². The maximum Gasteiger partial charge on any atom is 0.104 e. The molecule has 17 heavy (non-hydrogen) atoms. The Labute approximate surface area is 101 Å². The van der Waals surface area contributed by atoms with Gasteiger partial charge in [0.15, 0.2) is 0 Å². The van der Waals surface area contributed by atoms with Crippen LogP contribution in [0.1, 0.15) is 18.4 Å². The Bertz CT molecular complexity index is 370. The summed E-state index contributed by atoms with van der Waals surface area (Å²) in [5, 5.41) is 0. The standard InChI is InChI=1S/C14H18FNO/c15-12-8-13-14(9-12)17-7-6-16(13)10-11-4-2-1-3-5-11/h1-5,12-14H,6-10H2/t12?,13-,14-/m0/s1. The second kappa shape index (κ2) is 4.75. The summed E-state index contributed by atoms with van der Waals surface area (Å²) in [6, 6.07) is 10.7. The Balaban J connectivity index is 1.70. The van der Waals surface area contributed by atoms with Crippen molar-refractivity contribution in [2.45, 2.75) is 37.7 Å². The van der Waals surface area contributed by atoms with Crippen LogP contribution in [0, 0.1) is 0 Å². The normalized spacial score (nSPS) is 33.6. The minimum atomic E-state index is -0.679. The summed E-state index contributed by atoms with van der Waals surface area (Å²) in [4.78, 5) is 2.38. The molecule has 1 aromatic carbocycles. The van der Waals surface area contributed by atoms with E-state index in [1.165, 1.54) is 5.56 Å². The molecule has 1 unspecified atom stereocenters. The van der Waals surface area contributed by atoms with Crippen molar-refractivity contribution >= 4 is 0 Å². The second-order valence-corrected chi connectivity index (χ2v) is 5.00. The van der Waals surface area contributed by atoms with Crippen molar-refractivity contribution in [2.24, 2.45) is 0 Å². The van der Waals surface area contributed by atoms with E-state index in [9.17, 15) is 4.39 Å². The van der Waals surface area contributed by atoms with Crippen LogP contribution in [-0.2, 0) is 11.3 Å². The predicted octanol–water partition coefficient (Wildman–Crippen LogP) is 2.39. The summed E-state index contributed by atoms with van der Waals surface area (Å²) in [5.74, 6) is 0. The highest BCUT2D eigenvalue weighted by molar-refractivity contribution is 5.15. The Morgan fingerprint density at radius 1 is 1.24 bits per heavy atom. The molecule has 3 heteroatoms. The van der Waals surface area contributed by atoms with Crippen LogP contribution in [0.4, 0.5) is 4.39 Å². The number of rotatable bonds is 2. The van der Waals surface area contributed by atoms with Crippen LogP contribution >= 0.6 is 0 Å². The van der Waals surface area contributed by atoms with Gasteiger partial charge in [0.1, 0.15) is 6.17 Å². The molecule has 0 spiro atoms. The predicted molar refractivity (Wildman–Crippen MR) is 64.5 cm³/mol. The molecule has 3 atom stereocenters. The molecule has 2 fully saturated rings. The van der Waals surface area contributed by atoms with Gasteiger partial charge in [0.25, 0.3) is 0 Å². The van der Waals surface area contributed by atoms with Crippen molar-refractivity contribution in [3.63, 3.8) is 0 Å². The van der Waals surface area contributed by atoms with Gasteiger partial charge in [0.05, 0.1) is 12.7 Å². The summed E-state index contributed by atoms with van der Waals surface area (Å²) < 4.78 is 19.1. The fourth-order valence-electron chi connectivity index (χ4n) is 2.98. The summed E-state index contributed by atoms with van der Waals surface area (Å²) >= 11 is 0. The Hall–Kier alpha value is -0.930. The van der Waals surface area contributed by atoms with E-state index in [4.69, 9.17) is 4.74 Å². The number of ether oxygens (including phenoxy) is 1. The van der Waals surface area contributed by atoms with E-state index in [0.29, 0.717) is 12.8 Å². The van der Waals surface area contributed by atoms with E-state index in [1.54, 1.807) is 0 Å². The van der Waals surface area contributed by atoms with E-state index in [1.807, 2.05) is 6.07 Å². The molecular weight excluding hydrogens is 217 g/mol. The SMILES string of the molecule is FC1C[C@@H]2OCCN(Cc3ccccc3)[C@H]2C1. The first-order valence-corrected chi connectivity index (χ1v) is 6.36. The molecule has 0 radical (unpaired) electrons. The summed E-state index contributed by atoms with van der Waals surface area (Å²) in [5.41, 5.74) is 1.30. The molecule has 1 aromatic rings. The van der Waals surface area contributed by atoms with Crippen LogP contribution in [0.25, 0.3) is 0 Å². The Morgan fingerprint density at radius 3 is 2.88 bits per heavy atom. The van der Waals surface area contributed by atoms with Gasteiger partial charge < -0.3 is 4.74 Å². The highest BCUT2D eigenvalue weighted by Crippen LogP contribution is 2.32. The van der Waals surface area contributed by atoms with E-state index >= 15 is 0 Å². The van der Waals surface area contributed by atoms with Crippen LogP contribution in [0.15, 0.2) is 30.3 Å². The first kappa shape index (κ1) is 11.2. The molecule has 0 aromatic heterocycles. The van der Waals surface area contributed by atoms with E-state index in [2.05, 4.69) is 29.2 Å². The van der Waals surface area contributed by atoms with Crippen LogP contribution in [-0.4, -0.2) is 36.4 Å². The number of benzene rings is 1. The van der Waals surface area contributed by atoms with Gasteiger partial charge in [-0.25, -0.2) is 4.39 Å². The molecule has 1 heterocycles. The summed E-state index contributed by atoms with van der Waals surface area (Å²) in [7, 11) is 0. The lowest BCUT2D eigenvalue weighted by Gasteiger charge is -2.37. The third-order valence-corrected chi connectivity index (χ3v) is 3.82. The van der Waals surface area contributed by atoms with Gasteiger partial charge in [-0.05, 0) is 12.0 Å². The van der Waals surface area contributed by atoms with E-state index < -0.39 is 6.17 Å². The highest BCUT2D eigenvalue weighted by Gasteiger charge is 2.40. The molecule has 1 saturated heterocycles. The molecule has 0 N–H and O–H groups in total. The molecule has 0 amide bonds. The summed E-state index contributed by atoms with van der Waals surface area (Å²) in [6.07, 6.45) is 0.650. The Morgan fingerprint density at radius 2 is 2.06 bits per heavy atom. The van der Waals surface area contributed by atoms with Crippen molar-refractivity contribution in [1.82, 2.24) is 4.90 Å². The zero-order chi connectivity index (χ0) is 11.7. The lowest BCUT2D eigenvalue weighted by Crippen LogP contribution is -2.47. The van der Waals surface area contributed by atoms with E-state index in [0.717, 1.165) is 19.7 Å². The minimum Gasteiger partial charge on any atom is -0.375 e. The smallest absolute Gasteiger partial charge is 0.104 e. The molecule has 2 nitrogen and oxygen atoms in total. The third-order valence-electron chi connectivity index (χ3n) is 3.82. The van der Waals surface area contributed by atoms with Gasteiger partial charge in [0, 0.05) is 25.6 Å². The van der Waals surface area contributed by atoms with Crippen LogP contribution in [0.2, 0.25) is 0 Å². The van der Waals surface area contributed by atoms with Gasteiger partial charge in [0.2, 0.25) is 0 Å². The number of halogens is 1. The monoisotopic (exact) mass is 235 g/mol. The number of nitrogens with zero attached hydrogens (tertiary/aromatic N) is 1. The number of hydrogen-bond acceptors (Lipinski definition) is 2. The number of fused-ring (bicyclic) bond motifs is 1. The topological polar surface area (TPSA) is 12.5 Å². The lowest BCUT2D eigenvalue weighted by molar-refractivity contribution is -0.0590. The lowest BCUT2D eigenvalue weighted by atomic mass is 10.1. The zero-order valence-corrected chi connectivity index (χ0v) is 9.89. The molecule has 2 aliphatic rings. The molecule has 1 aliphatic carbocycles. The number of morpholine rings is 1. The largest absolute Gasteiger partial charge is 0.375 e. The molecule has 1 aliphatic heterocycles. The molecule has 1 saturated carbocycles. The van der Waals surface area contributed by atoms with Crippen LogP contribution in [0.3, 0.4) is 0 Å². The highest BCUT2D eigenvalue weighted by atomic mass is 19.1. The van der Waals surface area contributed by atoms with Crippen molar-refractivity contribution in [2.75, 3.05) is 13.2 Å². The molecule has 92 valence electrons.